The Kier molecular flexibility index (Phi) is 3.84. The van der Waals surface area contributed by atoms with Crippen LogP contribution in [0.1, 0.15) is 17.7 Å². The van der Waals surface area contributed by atoms with E-state index in [2.05, 4.69) is 5.32 Å². The summed E-state index contributed by atoms with van der Waals surface area (Å²) in [5, 5.41) is 3.46. The molecular weight excluding hydrogens is 244 g/mol. The van der Waals surface area contributed by atoms with E-state index in [1.807, 2.05) is 19.2 Å². The topological polar surface area (TPSA) is 32.3 Å². The summed E-state index contributed by atoms with van der Waals surface area (Å²) >= 11 is 7.46. The molecule has 5 heteroatoms. The zero-order valence-electron chi connectivity index (χ0n) is 9.20. The molecule has 0 spiro atoms. The highest BCUT2D eigenvalue weighted by Gasteiger charge is 2.22. The van der Waals surface area contributed by atoms with E-state index in [0.29, 0.717) is 12.5 Å². The molecule has 88 valence electrons. The van der Waals surface area contributed by atoms with Crippen LogP contribution >= 0.6 is 22.9 Å². The highest BCUT2D eigenvalue weighted by molar-refractivity contribution is 7.16. The second-order valence-corrected chi connectivity index (χ2v) is 5.90. The molecule has 0 bridgehead atoms. The molecule has 1 fully saturated rings. The molecule has 0 radical (unpaired) electrons. The van der Waals surface area contributed by atoms with Crippen LogP contribution in [-0.4, -0.2) is 30.4 Å². The Morgan fingerprint density at radius 3 is 3.06 bits per heavy atom. The number of amides is 1. The largest absolute Gasteiger partial charge is 0.344 e. The molecule has 2 rings (SSSR count). The van der Waals surface area contributed by atoms with Gasteiger partial charge < -0.3 is 10.2 Å². The van der Waals surface area contributed by atoms with Gasteiger partial charge in [-0.05, 0) is 18.6 Å². The normalized spacial score (nSPS) is 21.5. The van der Waals surface area contributed by atoms with Gasteiger partial charge in [-0.1, -0.05) is 11.6 Å². The molecule has 1 atom stereocenters. The monoisotopic (exact) mass is 258 g/mol. The van der Waals surface area contributed by atoms with Crippen LogP contribution in [0, 0.1) is 0 Å². The maximum atomic E-state index is 11.3. The molecule has 1 aromatic heterocycles. The maximum absolute atomic E-state index is 11.3. The van der Waals surface area contributed by atoms with Gasteiger partial charge in [-0.15, -0.1) is 11.3 Å². The summed E-state index contributed by atoms with van der Waals surface area (Å²) in [7, 11) is 1.86. The van der Waals surface area contributed by atoms with E-state index in [1.54, 1.807) is 16.2 Å². The molecule has 1 N–H and O–H groups in total. The van der Waals surface area contributed by atoms with Gasteiger partial charge in [-0.2, -0.15) is 0 Å². The van der Waals surface area contributed by atoms with Gasteiger partial charge >= 0.3 is 0 Å². The summed E-state index contributed by atoms with van der Waals surface area (Å²) < 4.78 is 0.827. The van der Waals surface area contributed by atoms with Gasteiger partial charge in [0.2, 0.25) is 5.91 Å². The first-order valence-electron chi connectivity index (χ1n) is 5.36. The number of piperidine rings is 1. The van der Waals surface area contributed by atoms with E-state index >= 15 is 0 Å². The summed E-state index contributed by atoms with van der Waals surface area (Å²) in [4.78, 5) is 14.3. The molecule has 1 aliphatic heterocycles. The smallest absolute Gasteiger partial charge is 0.222 e. The lowest BCUT2D eigenvalue weighted by Gasteiger charge is -2.30. The van der Waals surface area contributed by atoms with E-state index in [-0.39, 0.29) is 5.91 Å². The maximum Gasteiger partial charge on any atom is 0.222 e. The molecule has 1 amide bonds. The van der Waals surface area contributed by atoms with E-state index in [0.717, 1.165) is 23.8 Å². The predicted molar refractivity (Wildman–Crippen MR) is 66.8 cm³/mol. The molecule has 3 nitrogen and oxygen atoms in total. The molecule has 0 saturated carbocycles. The Morgan fingerprint density at radius 2 is 2.44 bits per heavy atom. The summed E-state index contributed by atoms with van der Waals surface area (Å²) in [5.41, 5.74) is 0. The number of likely N-dealkylation sites (tertiary alicyclic amines) is 1. The first-order valence-corrected chi connectivity index (χ1v) is 6.56. The Hall–Kier alpha value is -0.580. The third kappa shape index (κ3) is 2.97. The Labute approximate surface area is 104 Å². The summed E-state index contributed by atoms with van der Waals surface area (Å²) in [5.74, 6) is 0.247. The molecular formula is C11H15ClN2OS. The standard InChI is InChI=1S/C11H15ClN2OS/c1-14-7-8(2-5-11(14)15)13-6-9-3-4-10(12)16-9/h3-4,8,13H,2,5-7H2,1H3. The number of nitrogens with one attached hydrogen (secondary N) is 1. The van der Waals surface area contributed by atoms with Crippen molar-refractivity contribution >= 4 is 28.8 Å². The van der Waals surface area contributed by atoms with Crippen molar-refractivity contribution < 1.29 is 4.79 Å². The summed E-state index contributed by atoms with van der Waals surface area (Å²) in [6.45, 7) is 1.64. The van der Waals surface area contributed by atoms with Crippen LogP contribution in [-0.2, 0) is 11.3 Å². The number of rotatable bonds is 3. The van der Waals surface area contributed by atoms with Crippen LogP contribution in [0.15, 0.2) is 12.1 Å². The van der Waals surface area contributed by atoms with Gasteiger partial charge in [0.1, 0.15) is 0 Å². The summed E-state index contributed by atoms with van der Waals surface area (Å²) in [6, 6.07) is 4.36. The number of nitrogens with zero attached hydrogens (tertiary/aromatic N) is 1. The van der Waals surface area contributed by atoms with Gasteiger partial charge in [0.25, 0.3) is 0 Å². The van der Waals surface area contributed by atoms with Crippen molar-refractivity contribution in [1.29, 1.82) is 0 Å². The van der Waals surface area contributed by atoms with Crippen molar-refractivity contribution in [3.8, 4) is 0 Å². The molecule has 0 aromatic carbocycles. The fourth-order valence-corrected chi connectivity index (χ4v) is 2.91. The van der Waals surface area contributed by atoms with Gasteiger partial charge in [-0.25, -0.2) is 0 Å². The number of halogens is 1. The molecule has 2 heterocycles. The molecule has 1 aliphatic rings. The Bertz CT molecular complexity index is 380. The number of hydrogen-bond acceptors (Lipinski definition) is 3. The second-order valence-electron chi connectivity index (χ2n) is 4.10. The van der Waals surface area contributed by atoms with Gasteiger partial charge in [-0.3, -0.25) is 4.79 Å². The average molecular weight is 259 g/mol. The van der Waals surface area contributed by atoms with Crippen LogP contribution in [0.5, 0.6) is 0 Å². The fraction of sp³-hybridized carbons (Fsp3) is 0.545. The molecule has 1 aromatic rings. The van der Waals surface area contributed by atoms with E-state index in [4.69, 9.17) is 11.6 Å². The SMILES string of the molecule is CN1CC(NCc2ccc(Cl)s2)CCC1=O. The van der Waals surface area contributed by atoms with Crippen molar-refractivity contribution in [2.45, 2.75) is 25.4 Å². The van der Waals surface area contributed by atoms with E-state index in [9.17, 15) is 4.79 Å². The van der Waals surface area contributed by atoms with E-state index in [1.165, 1.54) is 4.88 Å². The van der Waals surface area contributed by atoms with Crippen molar-refractivity contribution in [3.63, 3.8) is 0 Å². The number of hydrogen-bond donors (Lipinski definition) is 1. The third-order valence-electron chi connectivity index (χ3n) is 2.82. The average Bonchev–Trinajstić information content (AvgIpc) is 2.66. The Morgan fingerprint density at radius 1 is 1.62 bits per heavy atom. The zero-order valence-corrected chi connectivity index (χ0v) is 10.8. The van der Waals surface area contributed by atoms with Crippen LogP contribution in [0.2, 0.25) is 4.34 Å². The van der Waals surface area contributed by atoms with E-state index < -0.39 is 0 Å². The van der Waals surface area contributed by atoms with Crippen molar-refractivity contribution in [1.82, 2.24) is 10.2 Å². The number of thiophene rings is 1. The zero-order chi connectivity index (χ0) is 11.5. The highest BCUT2D eigenvalue weighted by Crippen LogP contribution is 2.21. The first kappa shape index (κ1) is 11.9. The molecule has 1 saturated heterocycles. The van der Waals surface area contributed by atoms with Gasteiger partial charge in [0, 0.05) is 37.5 Å². The lowest BCUT2D eigenvalue weighted by molar-refractivity contribution is -0.132. The Balaban J connectivity index is 1.80. The van der Waals surface area contributed by atoms with Gasteiger partial charge in [0.05, 0.1) is 4.34 Å². The first-order chi connectivity index (χ1) is 7.65. The summed E-state index contributed by atoms with van der Waals surface area (Å²) in [6.07, 6.45) is 1.58. The lowest BCUT2D eigenvalue weighted by Crippen LogP contribution is -2.46. The van der Waals surface area contributed by atoms with Crippen molar-refractivity contribution in [2.24, 2.45) is 0 Å². The fourth-order valence-electron chi connectivity index (χ4n) is 1.87. The predicted octanol–water partition coefficient (Wildman–Crippen LogP) is 2.11. The van der Waals surface area contributed by atoms with Crippen LogP contribution < -0.4 is 5.32 Å². The van der Waals surface area contributed by atoms with Crippen molar-refractivity contribution in [3.05, 3.63) is 21.3 Å². The highest BCUT2D eigenvalue weighted by atomic mass is 35.5. The number of carbonyl (C=O) groups is 1. The molecule has 1 unspecified atom stereocenters. The van der Waals surface area contributed by atoms with Crippen LogP contribution in [0.3, 0.4) is 0 Å². The van der Waals surface area contributed by atoms with Crippen LogP contribution in [0.25, 0.3) is 0 Å². The molecule has 16 heavy (non-hydrogen) atoms. The molecule has 0 aliphatic carbocycles. The third-order valence-corrected chi connectivity index (χ3v) is 4.05. The minimum atomic E-state index is 0.247. The lowest BCUT2D eigenvalue weighted by atomic mass is 10.1. The minimum absolute atomic E-state index is 0.247. The second kappa shape index (κ2) is 5.17. The van der Waals surface area contributed by atoms with Gasteiger partial charge in [0.15, 0.2) is 0 Å². The quantitative estimate of drug-likeness (QED) is 0.901. The number of carbonyl (C=O) groups excluding carboxylic acids is 1. The van der Waals surface area contributed by atoms with Crippen molar-refractivity contribution in [2.75, 3.05) is 13.6 Å². The minimum Gasteiger partial charge on any atom is -0.344 e. The van der Waals surface area contributed by atoms with Crippen LogP contribution in [0.4, 0.5) is 0 Å². The number of likely N-dealkylation sites (N-methyl/N-ethyl adjacent to an activating group) is 1.